The summed E-state index contributed by atoms with van der Waals surface area (Å²) >= 11 is 0. The number of halogens is 2. The lowest BCUT2D eigenvalue weighted by Gasteiger charge is -2.11. The highest BCUT2D eigenvalue weighted by atomic mass is 32.2. The monoisotopic (exact) mass is 469 g/mol. The summed E-state index contributed by atoms with van der Waals surface area (Å²) in [5, 5.41) is 3.43. The highest BCUT2D eigenvalue weighted by molar-refractivity contribution is 7.86. The number of H-pyrrole nitrogens is 1. The summed E-state index contributed by atoms with van der Waals surface area (Å²) in [6, 6.07) is 9.62. The summed E-state index contributed by atoms with van der Waals surface area (Å²) in [5.74, 6) is -2.42. The number of benzene rings is 2. The van der Waals surface area contributed by atoms with E-state index in [1.165, 1.54) is 12.5 Å². The maximum absolute atomic E-state index is 15.1. The smallest absolute Gasteiger partial charge is 0.201 e. The third-order valence-corrected chi connectivity index (χ3v) is 6.19. The number of hydrogen-bond acceptors (Lipinski definition) is 5. The predicted molar refractivity (Wildman–Crippen MR) is 125 cm³/mol. The van der Waals surface area contributed by atoms with Crippen molar-refractivity contribution >= 4 is 45.0 Å². The van der Waals surface area contributed by atoms with E-state index in [0.717, 1.165) is 23.4 Å². The lowest BCUT2D eigenvalue weighted by Crippen LogP contribution is -2.13. The first-order valence-electron chi connectivity index (χ1n) is 10.2. The van der Waals surface area contributed by atoms with E-state index in [0.29, 0.717) is 23.3 Å². The third kappa shape index (κ3) is 4.61. The van der Waals surface area contributed by atoms with Crippen molar-refractivity contribution in [2.75, 3.05) is 15.8 Å². The molecule has 4 rings (SSSR count). The zero-order valence-electron chi connectivity index (χ0n) is 17.9. The standard InChI is InChI=1S/C23H21F2N5O2S/c1-3-10-33(32)30-17-9-8-16(24)19(20(17)25)21(31)15-11-26-22-18(15)23(28-12-27-22)29-14-6-4-13(2)5-7-14/h4-9,11-12,30H,3,10H2,1-2H3,(H2,26,27,28,29). The third-order valence-electron chi connectivity index (χ3n) is 4.96. The van der Waals surface area contributed by atoms with Gasteiger partial charge in [-0.1, -0.05) is 24.6 Å². The first-order valence-corrected chi connectivity index (χ1v) is 11.5. The van der Waals surface area contributed by atoms with Gasteiger partial charge in [0.05, 0.1) is 22.2 Å². The summed E-state index contributed by atoms with van der Waals surface area (Å²) in [6.45, 7) is 3.79. The molecule has 0 radical (unpaired) electrons. The van der Waals surface area contributed by atoms with Crippen LogP contribution in [0.2, 0.25) is 0 Å². The molecule has 10 heteroatoms. The topological polar surface area (TPSA) is 99.8 Å². The second-order valence-corrected chi connectivity index (χ2v) is 8.71. The molecule has 0 fully saturated rings. The summed E-state index contributed by atoms with van der Waals surface area (Å²) in [5.41, 5.74) is 1.18. The van der Waals surface area contributed by atoms with Gasteiger partial charge in [-0.2, -0.15) is 0 Å². The first kappa shape index (κ1) is 22.5. The van der Waals surface area contributed by atoms with Crippen LogP contribution in [-0.2, 0) is 11.0 Å². The van der Waals surface area contributed by atoms with E-state index in [1.54, 1.807) is 0 Å². The SMILES string of the molecule is CCCS(=O)Nc1ccc(F)c(C(=O)c2c[nH]c3ncnc(Nc4ccc(C)cc4)c23)c1F. The number of nitrogens with zero attached hydrogens (tertiary/aromatic N) is 2. The Balaban J connectivity index is 1.76. The fourth-order valence-corrected chi connectivity index (χ4v) is 4.22. The Morgan fingerprint density at radius 2 is 1.88 bits per heavy atom. The van der Waals surface area contributed by atoms with Crippen LogP contribution in [0.1, 0.15) is 34.8 Å². The second-order valence-electron chi connectivity index (χ2n) is 7.40. The minimum Gasteiger partial charge on any atom is -0.345 e. The number of aromatic amines is 1. The minimum absolute atomic E-state index is 0.00448. The van der Waals surface area contributed by atoms with Crippen molar-refractivity contribution in [3.63, 3.8) is 0 Å². The average molecular weight is 470 g/mol. The lowest BCUT2D eigenvalue weighted by atomic mass is 10.0. The molecule has 2 aromatic carbocycles. The van der Waals surface area contributed by atoms with Gasteiger partial charge < -0.3 is 15.0 Å². The van der Waals surface area contributed by atoms with Crippen LogP contribution in [0.4, 0.5) is 26.0 Å². The number of carbonyl (C=O) groups is 1. The molecule has 33 heavy (non-hydrogen) atoms. The lowest BCUT2D eigenvalue weighted by molar-refractivity contribution is 0.103. The van der Waals surface area contributed by atoms with Crippen LogP contribution in [0.25, 0.3) is 11.0 Å². The number of rotatable bonds is 8. The summed E-state index contributed by atoms with van der Waals surface area (Å²) in [7, 11) is -1.56. The Labute approximate surface area is 191 Å². The Morgan fingerprint density at radius 1 is 1.12 bits per heavy atom. The molecule has 170 valence electrons. The summed E-state index contributed by atoms with van der Waals surface area (Å²) in [6.07, 6.45) is 3.27. The zero-order valence-corrected chi connectivity index (χ0v) is 18.7. The van der Waals surface area contributed by atoms with Gasteiger partial charge in [-0.05, 0) is 37.6 Å². The molecule has 0 bridgehead atoms. The summed E-state index contributed by atoms with van der Waals surface area (Å²) in [4.78, 5) is 24.5. The maximum Gasteiger partial charge on any atom is 0.201 e. The van der Waals surface area contributed by atoms with Gasteiger partial charge in [-0.15, -0.1) is 0 Å². The molecule has 4 aromatic rings. The number of anilines is 3. The largest absolute Gasteiger partial charge is 0.345 e. The van der Waals surface area contributed by atoms with Gasteiger partial charge in [0.15, 0.2) is 5.82 Å². The van der Waals surface area contributed by atoms with Crippen LogP contribution >= 0.6 is 0 Å². The van der Waals surface area contributed by atoms with Gasteiger partial charge in [0.25, 0.3) is 0 Å². The minimum atomic E-state index is -1.56. The Hall–Kier alpha value is -3.66. The van der Waals surface area contributed by atoms with Crippen molar-refractivity contribution in [3.05, 3.63) is 77.2 Å². The first-order chi connectivity index (χ1) is 15.9. The zero-order chi connectivity index (χ0) is 23.5. The molecular weight excluding hydrogens is 448 g/mol. The molecule has 1 unspecified atom stereocenters. The van der Waals surface area contributed by atoms with Crippen LogP contribution in [0, 0.1) is 18.6 Å². The molecule has 3 N–H and O–H groups in total. The van der Waals surface area contributed by atoms with Crippen molar-refractivity contribution in [1.29, 1.82) is 0 Å². The molecule has 0 saturated carbocycles. The molecule has 1 atom stereocenters. The number of ketones is 1. The van der Waals surface area contributed by atoms with Crippen molar-refractivity contribution < 1.29 is 17.8 Å². The van der Waals surface area contributed by atoms with Crippen molar-refractivity contribution in [1.82, 2.24) is 15.0 Å². The van der Waals surface area contributed by atoms with Crippen LogP contribution in [0.5, 0.6) is 0 Å². The van der Waals surface area contributed by atoms with Gasteiger partial charge in [0.2, 0.25) is 5.78 Å². The Morgan fingerprint density at radius 3 is 2.61 bits per heavy atom. The normalized spacial score (nSPS) is 12.0. The summed E-state index contributed by atoms with van der Waals surface area (Å²) < 4.78 is 44.3. The van der Waals surface area contributed by atoms with Crippen molar-refractivity contribution in [2.24, 2.45) is 0 Å². The van der Waals surface area contributed by atoms with Crippen LogP contribution in [-0.4, -0.2) is 30.7 Å². The highest BCUT2D eigenvalue weighted by Crippen LogP contribution is 2.31. The number of nitrogens with one attached hydrogen (secondary N) is 3. The molecule has 0 amide bonds. The molecule has 0 saturated heterocycles. The van der Waals surface area contributed by atoms with Gasteiger partial charge in [-0.25, -0.2) is 23.0 Å². The van der Waals surface area contributed by atoms with E-state index in [1.807, 2.05) is 38.1 Å². The van der Waals surface area contributed by atoms with Gasteiger partial charge in [-0.3, -0.25) is 4.79 Å². The number of aromatic nitrogens is 3. The Bertz CT molecular complexity index is 1360. The quantitative estimate of drug-likeness (QED) is 0.315. The number of carbonyl (C=O) groups excluding carboxylic acids is 1. The van der Waals surface area contributed by atoms with E-state index in [9.17, 15) is 13.4 Å². The van der Waals surface area contributed by atoms with Crippen LogP contribution < -0.4 is 10.0 Å². The molecule has 0 aliphatic heterocycles. The molecule has 0 spiro atoms. The van der Waals surface area contributed by atoms with Gasteiger partial charge in [0, 0.05) is 17.6 Å². The molecule has 0 aliphatic carbocycles. The van der Waals surface area contributed by atoms with Gasteiger partial charge in [0.1, 0.15) is 34.6 Å². The number of hydrogen-bond donors (Lipinski definition) is 3. The number of aryl methyl sites for hydroxylation is 1. The van der Waals surface area contributed by atoms with E-state index >= 15 is 4.39 Å². The van der Waals surface area contributed by atoms with Crippen LogP contribution in [0.3, 0.4) is 0 Å². The van der Waals surface area contributed by atoms with Gasteiger partial charge >= 0.3 is 0 Å². The Kier molecular flexibility index (Phi) is 6.45. The van der Waals surface area contributed by atoms with E-state index < -0.39 is 34.0 Å². The average Bonchev–Trinajstić information content (AvgIpc) is 3.23. The molecule has 7 nitrogen and oxygen atoms in total. The molecule has 0 aliphatic rings. The molecule has 2 aromatic heterocycles. The fourth-order valence-electron chi connectivity index (χ4n) is 3.34. The van der Waals surface area contributed by atoms with Crippen molar-refractivity contribution in [2.45, 2.75) is 20.3 Å². The second kappa shape index (κ2) is 9.45. The van der Waals surface area contributed by atoms with Crippen molar-refractivity contribution in [3.8, 4) is 0 Å². The molecular formula is C23H21F2N5O2S. The fraction of sp³-hybridized carbons (Fsp3) is 0.174. The van der Waals surface area contributed by atoms with E-state index in [4.69, 9.17) is 0 Å². The number of fused-ring (bicyclic) bond motifs is 1. The maximum atomic E-state index is 15.1. The predicted octanol–water partition coefficient (Wildman–Crippen LogP) is 5.00. The van der Waals surface area contributed by atoms with Crippen LogP contribution in [0.15, 0.2) is 48.9 Å². The van der Waals surface area contributed by atoms with E-state index in [-0.39, 0.29) is 17.0 Å². The van der Waals surface area contributed by atoms with E-state index in [2.05, 4.69) is 25.0 Å². The molecule has 2 heterocycles. The highest BCUT2D eigenvalue weighted by Gasteiger charge is 2.26.